The van der Waals surface area contributed by atoms with Gasteiger partial charge in [0, 0.05) is 0 Å². The Morgan fingerprint density at radius 3 is 2.50 bits per heavy atom. The molecule has 4 fully saturated rings. The van der Waals surface area contributed by atoms with E-state index in [4.69, 9.17) is 0 Å². The number of rotatable bonds is 1. The van der Waals surface area contributed by atoms with Gasteiger partial charge in [0.2, 0.25) is 0 Å². The largest absolute Gasteiger partial charge is 0.481 e. The summed E-state index contributed by atoms with van der Waals surface area (Å²) in [6.07, 6.45) is 6.62. The van der Waals surface area contributed by atoms with Crippen LogP contribution in [0.3, 0.4) is 0 Å². The normalized spacial score (nSPS) is 59.5. The Labute approximate surface area is 144 Å². The molecule has 0 aromatic carbocycles. The average molecular weight is 336 g/mol. The van der Waals surface area contributed by atoms with Gasteiger partial charge in [-0.15, -0.1) is 0 Å². The van der Waals surface area contributed by atoms with E-state index in [0.717, 1.165) is 44.9 Å². The number of carboxylic acid groups (broad SMARTS) is 1. The van der Waals surface area contributed by atoms with Crippen molar-refractivity contribution in [2.24, 2.45) is 34.0 Å². The molecule has 0 unspecified atom stereocenters. The van der Waals surface area contributed by atoms with Gasteiger partial charge in [-0.2, -0.15) is 0 Å². The summed E-state index contributed by atoms with van der Waals surface area (Å²) in [5.41, 5.74) is -1.47. The van der Waals surface area contributed by atoms with Gasteiger partial charge in [0.15, 0.2) is 0 Å². The SMILES string of the molecule is C[C@@]12CCC[C@@](C)(C(=O)O)[C@H]1CC[C@@]13C[C@@H](C[C@H](O)[C@H]12)[C@](C)(O)C3. The highest BCUT2D eigenvalue weighted by Gasteiger charge is 2.69. The summed E-state index contributed by atoms with van der Waals surface area (Å²) >= 11 is 0. The molecule has 8 atom stereocenters. The van der Waals surface area contributed by atoms with Crippen molar-refractivity contribution in [2.45, 2.75) is 83.8 Å². The third kappa shape index (κ3) is 1.90. The first-order valence-corrected chi connectivity index (χ1v) is 9.69. The van der Waals surface area contributed by atoms with Gasteiger partial charge in [-0.25, -0.2) is 0 Å². The molecule has 0 heterocycles. The fourth-order valence-electron chi connectivity index (χ4n) is 8.16. The van der Waals surface area contributed by atoms with E-state index in [9.17, 15) is 20.1 Å². The quantitative estimate of drug-likeness (QED) is 0.687. The lowest BCUT2D eigenvalue weighted by Gasteiger charge is -2.64. The second-order valence-corrected chi connectivity index (χ2v) is 10.3. The zero-order valence-electron chi connectivity index (χ0n) is 15.2. The first-order valence-electron chi connectivity index (χ1n) is 9.69. The number of fused-ring (bicyclic) bond motifs is 3. The molecule has 3 N–H and O–H groups in total. The molecule has 0 amide bonds. The number of carbonyl (C=O) groups is 1. The third-order valence-electron chi connectivity index (χ3n) is 8.92. The Morgan fingerprint density at radius 2 is 1.83 bits per heavy atom. The van der Waals surface area contributed by atoms with Crippen LogP contribution in [-0.2, 0) is 4.79 Å². The fraction of sp³-hybridized carbons (Fsp3) is 0.950. The van der Waals surface area contributed by atoms with Gasteiger partial charge in [-0.05, 0) is 87.4 Å². The van der Waals surface area contributed by atoms with E-state index in [-0.39, 0.29) is 28.6 Å². The van der Waals surface area contributed by atoms with E-state index in [1.165, 1.54) is 0 Å². The van der Waals surface area contributed by atoms with Gasteiger partial charge in [0.05, 0.1) is 17.1 Å². The van der Waals surface area contributed by atoms with Crippen LogP contribution in [-0.4, -0.2) is 33.0 Å². The van der Waals surface area contributed by atoms with Crippen molar-refractivity contribution >= 4 is 5.97 Å². The monoisotopic (exact) mass is 336 g/mol. The molecule has 4 nitrogen and oxygen atoms in total. The first-order chi connectivity index (χ1) is 11.1. The standard InChI is InChI=1S/C20H32O4/c1-17-6-4-7-18(2,16(22)23)14(17)5-8-20-10-12(19(3,24)11-20)9-13(21)15(17)20/h12-15,21,24H,4-11H2,1-3H3,(H,22,23)/t12-,13+,14+,15+,17-,18-,19-,20+/m1/s1. The van der Waals surface area contributed by atoms with E-state index >= 15 is 0 Å². The molecule has 0 aromatic rings. The Balaban J connectivity index is 1.78. The van der Waals surface area contributed by atoms with Crippen molar-refractivity contribution in [1.82, 2.24) is 0 Å². The zero-order valence-corrected chi connectivity index (χ0v) is 15.2. The molecule has 1 spiro atoms. The smallest absolute Gasteiger partial charge is 0.309 e. The van der Waals surface area contributed by atoms with E-state index in [0.29, 0.717) is 6.42 Å². The van der Waals surface area contributed by atoms with Crippen molar-refractivity contribution in [2.75, 3.05) is 0 Å². The van der Waals surface area contributed by atoms with Gasteiger partial charge >= 0.3 is 5.97 Å². The van der Waals surface area contributed by atoms with Gasteiger partial charge in [-0.1, -0.05) is 13.3 Å². The van der Waals surface area contributed by atoms with Gasteiger partial charge < -0.3 is 15.3 Å². The van der Waals surface area contributed by atoms with Crippen LogP contribution in [0.5, 0.6) is 0 Å². The van der Waals surface area contributed by atoms with Crippen molar-refractivity contribution in [3.8, 4) is 0 Å². The molecule has 0 aliphatic heterocycles. The predicted octanol–water partition coefficient (Wildman–Crippen LogP) is 3.21. The predicted molar refractivity (Wildman–Crippen MR) is 90.3 cm³/mol. The molecule has 0 saturated heterocycles. The lowest BCUT2D eigenvalue weighted by Crippen LogP contribution is -2.61. The second-order valence-electron chi connectivity index (χ2n) is 10.3. The Morgan fingerprint density at radius 1 is 1.12 bits per heavy atom. The molecule has 4 aliphatic rings. The van der Waals surface area contributed by atoms with Crippen LogP contribution in [0.15, 0.2) is 0 Å². The number of carboxylic acids is 1. The van der Waals surface area contributed by atoms with Gasteiger partial charge in [0.25, 0.3) is 0 Å². The highest BCUT2D eigenvalue weighted by molar-refractivity contribution is 5.75. The summed E-state index contributed by atoms with van der Waals surface area (Å²) in [5, 5.41) is 31.9. The van der Waals surface area contributed by atoms with Crippen LogP contribution in [0.4, 0.5) is 0 Å². The number of aliphatic hydroxyl groups excluding tert-OH is 1. The lowest BCUT2D eigenvalue weighted by atomic mass is 9.40. The van der Waals surface area contributed by atoms with Crippen molar-refractivity contribution in [1.29, 1.82) is 0 Å². The van der Waals surface area contributed by atoms with Crippen LogP contribution in [0.1, 0.15) is 72.1 Å². The number of hydrogen-bond acceptors (Lipinski definition) is 3. The molecular weight excluding hydrogens is 304 g/mol. The summed E-state index contributed by atoms with van der Waals surface area (Å²) in [6, 6.07) is 0. The summed E-state index contributed by atoms with van der Waals surface area (Å²) in [5.74, 6) is -0.217. The summed E-state index contributed by atoms with van der Waals surface area (Å²) in [4.78, 5) is 12.1. The first kappa shape index (κ1) is 16.8. The molecule has 4 aliphatic carbocycles. The minimum atomic E-state index is -0.677. The number of hydrogen-bond donors (Lipinski definition) is 3. The molecule has 4 heteroatoms. The van der Waals surface area contributed by atoms with E-state index in [1.54, 1.807) is 0 Å². The molecule has 4 saturated carbocycles. The lowest BCUT2D eigenvalue weighted by molar-refractivity contribution is -0.199. The van der Waals surface area contributed by atoms with Crippen LogP contribution >= 0.6 is 0 Å². The van der Waals surface area contributed by atoms with Crippen molar-refractivity contribution < 1.29 is 20.1 Å². The second kappa shape index (κ2) is 4.76. The van der Waals surface area contributed by atoms with Crippen molar-refractivity contribution in [3.05, 3.63) is 0 Å². The minimum absolute atomic E-state index is 0.00777. The Kier molecular flexibility index (Phi) is 3.34. The van der Waals surface area contributed by atoms with Gasteiger partial charge in [0.1, 0.15) is 0 Å². The van der Waals surface area contributed by atoms with E-state index in [2.05, 4.69) is 6.92 Å². The maximum atomic E-state index is 12.1. The number of aliphatic carboxylic acids is 1. The van der Waals surface area contributed by atoms with Gasteiger partial charge in [-0.3, -0.25) is 4.79 Å². The zero-order chi connectivity index (χ0) is 17.5. The summed E-state index contributed by atoms with van der Waals surface area (Å²) < 4.78 is 0. The molecule has 136 valence electrons. The van der Waals surface area contributed by atoms with E-state index < -0.39 is 23.1 Å². The average Bonchev–Trinajstić information content (AvgIpc) is 2.63. The third-order valence-corrected chi connectivity index (χ3v) is 8.92. The Hall–Kier alpha value is -0.610. The molecule has 24 heavy (non-hydrogen) atoms. The maximum absolute atomic E-state index is 12.1. The minimum Gasteiger partial charge on any atom is -0.481 e. The molecule has 0 aromatic heterocycles. The summed E-state index contributed by atoms with van der Waals surface area (Å²) in [6.45, 7) is 6.12. The van der Waals surface area contributed by atoms with E-state index in [1.807, 2.05) is 13.8 Å². The maximum Gasteiger partial charge on any atom is 0.309 e. The van der Waals surface area contributed by atoms with Crippen LogP contribution in [0, 0.1) is 34.0 Å². The Bertz CT molecular complexity index is 572. The molecule has 2 bridgehead atoms. The topological polar surface area (TPSA) is 77.8 Å². The molecule has 4 rings (SSSR count). The molecule has 0 radical (unpaired) electrons. The van der Waals surface area contributed by atoms with Crippen molar-refractivity contribution in [3.63, 3.8) is 0 Å². The van der Waals surface area contributed by atoms with Crippen LogP contribution in [0.25, 0.3) is 0 Å². The highest BCUT2D eigenvalue weighted by Crippen LogP contribution is 2.72. The fourth-order valence-corrected chi connectivity index (χ4v) is 8.16. The van der Waals surface area contributed by atoms with Crippen LogP contribution < -0.4 is 0 Å². The highest BCUT2D eigenvalue weighted by atomic mass is 16.4. The summed E-state index contributed by atoms with van der Waals surface area (Å²) in [7, 11) is 0. The molecular formula is C20H32O4. The number of aliphatic hydroxyl groups is 2. The van der Waals surface area contributed by atoms with Crippen LogP contribution in [0.2, 0.25) is 0 Å².